The summed E-state index contributed by atoms with van der Waals surface area (Å²) in [5.74, 6) is -0.428. The Labute approximate surface area is 447 Å². The Hall–Kier alpha value is -1.43. The second-order valence-electron chi connectivity index (χ2n) is 12.2. The molecular formula is C32H22N8Na4O12PtS4. The standard InChI is InChI=1S/C32H18N8O12S4.4Na.Pt.4H/c41-53(42,43)21-19-20(22(54(44,45)46)24(56(50,51)52)23(21)55(47,48)49)32-39-30-18-12-6-4-10-16(18)28(37-30)35-26-14-8-2-1-7-13(14)25(33-26)34-27-15-9-3-5-11-17(15)29(36-27)38-31(19)40-32;;;;;;;;;/h1-12H,(H,41,42,43)(H,44,45,46)(H,47,48,49)(H,50,51,52)(H2,33,34,35,36,37,38,39,40);;;;;;;;;. The van der Waals surface area contributed by atoms with Gasteiger partial charge in [0.2, 0.25) is 0 Å². The van der Waals surface area contributed by atoms with Gasteiger partial charge in [-0.25, -0.2) is 29.9 Å². The Morgan fingerprint density at radius 2 is 0.607 bits per heavy atom. The number of aromatic nitrogens is 8. The summed E-state index contributed by atoms with van der Waals surface area (Å²) in [5.41, 5.74) is 0.187. The van der Waals surface area contributed by atoms with Crippen LogP contribution in [0.3, 0.4) is 0 Å². The van der Waals surface area contributed by atoms with E-state index in [1.54, 1.807) is 60.7 Å². The SMILES string of the molecule is O=S(=O)(O)c1c(S(=O)(=O)O)c(S(=O)(=O)O)c2c3nc4nc(nc5[nH]c(nc6nc(nc([nH]3)c2c1S(=O)(=O)O)-c1ccccc1-6)c1ccccc51)-c1ccccc1-4.[NaH].[NaH].[NaH].[NaH].[Pt]. The number of nitrogens with one attached hydrogen (secondary N) is 2. The van der Waals surface area contributed by atoms with E-state index in [0.717, 1.165) is 0 Å². The number of H-pyrrole nitrogens is 2. The van der Waals surface area contributed by atoms with Crippen LogP contribution < -0.4 is 0 Å². The minimum atomic E-state index is -6.24. The third-order valence-corrected chi connectivity index (χ3v) is 12.9. The molecule has 2 aliphatic rings. The van der Waals surface area contributed by atoms with Crippen molar-refractivity contribution in [2.45, 2.75) is 19.6 Å². The molecule has 0 spiro atoms. The predicted molar refractivity (Wildman–Crippen MR) is 224 cm³/mol. The van der Waals surface area contributed by atoms with Gasteiger partial charge >= 0.3 is 118 Å². The van der Waals surface area contributed by atoms with Gasteiger partial charge in [0.1, 0.15) is 42.2 Å². The molecule has 0 unspecified atom stereocenters. The first-order valence-corrected chi connectivity index (χ1v) is 21.3. The van der Waals surface area contributed by atoms with Crippen molar-refractivity contribution in [3.63, 3.8) is 0 Å². The van der Waals surface area contributed by atoms with Crippen LogP contribution in [0.15, 0.2) is 92.4 Å². The fourth-order valence-electron chi connectivity index (χ4n) is 6.75. The summed E-state index contributed by atoms with van der Waals surface area (Å²) in [4.78, 5) is 24.5. The van der Waals surface area contributed by atoms with Gasteiger partial charge in [-0.15, -0.1) is 0 Å². The maximum Gasteiger partial charge on any atom is 0 e. The number of rotatable bonds is 4. The van der Waals surface area contributed by atoms with Gasteiger partial charge < -0.3 is 9.97 Å². The van der Waals surface area contributed by atoms with Crippen molar-refractivity contribution in [1.29, 1.82) is 0 Å². The molecule has 8 bridgehead atoms. The van der Waals surface area contributed by atoms with E-state index in [2.05, 4.69) is 29.9 Å². The zero-order valence-electron chi connectivity index (χ0n) is 27.6. The molecule has 7 aromatic rings. The maximum atomic E-state index is 13.2. The summed E-state index contributed by atoms with van der Waals surface area (Å²) in [7, 11) is -24.6. The number of benzene rings is 4. The largest absolute Gasteiger partial charge is 0 e. The molecule has 6 N–H and O–H groups in total. The summed E-state index contributed by atoms with van der Waals surface area (Å²) in [6, 6.07) is 19.9. The van der Waals surface area contributed by atoms with Crippen LogP contribution in [0.4, 0.5) is 0 Å². The summed E-state index contributed by atoms with van der Waals surface area (Å²) < 4.78 is 146. The molecule has 20 nitrogen and oxygen atoms in total. The van der Waals surface area contributed by atoms with Crippen molar-refractivity contribution < 1.29 is 72.9 Å². The molecule has 9 rings (SSSR count). The predicted octanol–water partition coefficient (Wildman–Crippen LogP) is 1.26. The number of hydrogen-bond donors (Lipinski definition) is 6. The van der Waals surface area contributed by atoms with Crippen molar-refractivity contribution in [3.05, 3.63) is 72.8 Å². The molecule has 2 aliphatic heterocycles. The second-order valence-corrected chi connectivity index (χ2v) is 17.6. The van der Waals surface area contributed by atoms with E-state index in [-0.39, 0.29) is 174 Å². The van der Waals surface area contributed by atoms with E-state index in [0.29, 0.717) is 33.2 Å². The van der Waals surface area contributed by atoms with Crippen molar-refractivity contribution in [3.8, 4) is 45.6 Å². The zero-order chi connectivity index (χ0) is 39.7. The smallest absolute Gasteiger partial charge is 0 e. The van der Waals surface area contributed by atoms with E-state index in [1.165, 1.54) is 12.1 Å². The first kappa shape index (κ1) is 52.2. The third kappa shape index (κ3) is 9.09. The molecule has 0 aliphatic carbocycles. The second kappa shape index (κ2) is 18.5. The molecule has 0 atom stereocenters. The fraction of sp³-hybridized carbons (Fsp3) is 0. The number of hydrogen-bond acceptors (Lipinski definition) is 14. The molecule has 0 saturated carbocycles. The summed E-state index contributed by atoms with van der Waals surface area (Å²) >= 11 is 0. The zero-order valence-corrected chi connectivity index (χ0v) is 33.2. The minimum Gasteiger partial charge on any atom is 0 e. The van der Waals surface area contributed by atoms with E-state index in [1.807, 2.05) is 0 Å². The number of aromatic amines is 2. The molecule has 300 valence electrons. The first-order valence-electron chi connectivity index (χ1n) is 15.5. The van der Waals surface area contributed by atoms with Crippen LogP contribution in [0.25, 0.3) is 89.7 Å². The summed E-state index contributed by atoms with van der Waals surface area (Å²) in [6.45, 7) is 0. The van der Waals surface area contributed by atoms with Gasteiger partial charge in [0, 0.05) is 54.1 Å². The van der Waals surface area contributed by atoms with Crippen LogP contribution >= 0.6 is 0 Å². The summed E-state index contributed by atoms with van der Waals surface area (Å²) in [6.07, 6.45) is 0. The maximum absolute atomic E-state index is 13.2. The van der Waals surface area contributed by atoms with E-state index in [9.17, 15) is 51.9 Å². The molecule has 3 aromatic heterocycles. The van der Waals surface area contributed by atoms with Crippen LogP contribution in [0.5, 0.6) is 0 Å². The van der Waals surface area contributed by atoms with Crippen molar-refractivity contribution in [2.75, 3.05) is 0 Å². The molecule has 0 radical (unpaired) electrons. The third-order valence-electron chi connectivity index (χ3n) is 8.85. The molecule has 61 heavy (non-hydrogen) atoms. The van der Waals surface area contributed by atoms with Crippen LogP contribution in [0.2, 0.25) is 0 Å². The molecular weight excluding hydrogens is 1100 g/mol. The van der Waals surface area contributed by atoms with E-state index < -0.39 is 82.1 Å². The van der Waals surface area contributed by atoms with E-state index in [4.69, 9.17) is 9.97 Å². The van der Waals surface area contributed by atoms with Crippen molar-refractivity contribution >= 4 is 203 Å². The number of nitrogens with zero attached hydrogens (tertiary/aromatic N) is 6. The normalized spacial score (nSPS) is 12.1. The minimum absolute atomic E-state index is 0. The van der Waals surface area contributed by atoms with Crippen LogP contribution in [-0.2, 0) is 61.5 Å². The average Bonchev–Trinajstić information content (AvgIpc) is 3.84. The van der Waals surface area contributed by atoms with Gasteiger partial charge in [-0.05, 0) is 0 Å². The Bertz CT molecular complexity index is 3400. The van der Waals surface area contributed by atoms with Crippen LogP contribution in [-0.4, -0.2) is 210 Å². The van der Waals surface area contributed by atoms with Crippen LogP contribution in [0, 0.1) is 0 Å². The monoisotopic (exact) mass is 1120 g/mol. The van der Waals surface area contributed by atoms with Gasteiger partial charge in [-0.3, -0.25) is 18.2 Å². The molecule has 29 heteroatoms. The molecule has 5 heterocycles. The topological polar surface area (TPSA) is 326 Å². The van der Waals surface area contributed by atoms with Gasteiger partial charge in [0.25, 0.3) is 40.5 Å². The Balaban J connectivity index is 0.00000164. The fourth-order valence-corrected chi connectivity index (χ4v) is 11.7. The van der Waals surface area contributed by atoms with Crippen molar-refractivity contribution in [2.24, 2.45) is 0 Å². The Morgan fingerprint density at radius 1 is 0.361 bits per heavy atom. The van der Waals surface area contributed by atoms with Gasteiger partial charge in [-0.2, -0.15) is 33.7 Å². The quantitative estimate of drug-likeness (QED) is 0.107. The molecule has 4 aromatic carbocycles. The Kier molecular flexibility index (Phi) is 15.8. The van der Waals surface area contributed by atoms with Gasteiger partial charge in [-0.1, -0.05) is 72.8 Å². The van der Waals surface area contributed by atoms with E-state index >= 15 is 0 Å². The van der Waals surface area contributed by atoms with Crippen molar-refractivity contribution in [1.82, 2.24) is 39.9 Å². The Morgan fingerprint density at radius 3 is 0.885 bits per heavy atom. The molecule has 0 fully saturated rings. The van der Waals surface area contributed by atoms with Gasteiger partial charge in [0.15, 0.2) is 23.3 Å². The number of fused-ring (bicyclic) bond motifs is 20. The first-order chi connectivity index (χ1) is 26.3. The molecule has 0 amide bonds. The molecule has 0 saturated heterocycles. The van der Waals surface area contributed by atoms with Gasteiger partial charge in [0.05, 0.1) is 10.8 Å². The summed E-state index contributed by atoms with van der Waals surface area (Å²) in [5, 5.41) is -1.17. The van der Waals surface area contributed by atoms with Crippen LogP contribution in [0.1, 0.15) is 0 Å². The average molecular weight is 1130 g/mol.